The van der Waals surface area contributed by atoms with Crippen LogP contribution in [0.4, 0.5) is 4.39 Å². The highest BCUT2D eigenvalue weighted by Gasteiger charge is 2.15. The van der Waals surface area contributed by atoms with Crippen LogP contribution in [0.3, 0.4) is 0 Å². The molecule has 0 fully saturated rings. The van der Waals surface area contributed by atoms with Gasteiger partial charge in [0, 0.05) is 35.1 Å². The summed E-state index contributed by atoms with van der Waals surface area (Å²) in [6, 6.07) is 16.0. The highest BCUT2D eigenvalue weighted by Crippen LogP contribution is 2.35. The van der Waals surface area contributed by atoms with Crippen LogP contribution < -0.4 is 0 Å². The topological polar surface area (TPSA) is 38.7 Å². The van der Waals surface area contributed by atoms with Gasteiger partial charge in [-0.2, -0.15) is 0 Å². The number of hydrogen-bond acceptors (Lipinski definition) is 3. The summed E-state index contributed by atoms with van der Waals surface area (Å²) in [6.45, 7) is 0. The van der Waals surface area contributed by atoms with Gasteiger partial charge in [0.15, 0.2) is 0 Å². The van der Waals surface area contributed by atoms with Crippen LogP contribution in [0.15, 0.2) is 73.2 Å². The van der Waals surface area contributed by atoms with Gasteiger partial charge < -0.3 is 0 Å². The lowest BCUT2D eigenvalue weighted by molar-refractivity contribution is 0.629. The third-order valence-corrected chi connectivity index (χ3v) is 3.69. The smallest absolute Gasteiger partial charge is 0.123 e. The molecule has 0 aliphatic rings. The molecule has 0 N–H and O–H groups in total. The second-order valence-electron chi connectivity index (χ2n) is 5.14. The van der Waals surface area contributed by atoms with Crippen LogP contribution in [-0.4, -0.2) is 15.0 Å². The molecule has 0 saturated heterocycles. The van der Waals surface area contributed by atoms with Gasteiger partial charge in [-0.1, -0.05) is 12.1 Å². The second-order valence-corrected chi connectivity index (χ2v) is 5.14. The number of aromatic nitrogens is 3. The van der Waals surface area contributed by atoms with E-state index >= 15 is 0 Å². The van der Waals surface area contributed by atoms with E-state index < -0.39 is 0 Å². The van der Waals surface area contributed by atoms with Crippen molar-refractivity contribution in [3.8, 4) is 22.5 Å². The molecule has 4 heteroatoms. The Morgan fingerprint density at radius 3 is 2.17 bits per heavy atom. The Bertz CT molecular complexity index is 970. The van der Waals surface area contributed by atoms with Crippen molar-refractivity contribution in [3.05, 3.63) is 79.0 Å². The molecule has 0 amide bonds. The van der Waals surface area contributed by atoms with Crippen molar-refractivity contribution in [2.24, 2.45) is 0 Å². The average molecular weight is 301 g/mol. The average Bonchev–Trinajstić information content (AvgIpc) is 2.62. The third-order valence-electron chi connectivity index (χ3n) is 3.69. The van der Waals surface area contributed by atoms with Crippen molar-refractivity contribution in [1.29, 1.82) is 0 Å². The predicted molar refractivity (Wildman–Crippen MR) is 88.2 cm³/mol. The van der Waals surface area contributed by atoms with Gasteiger partial charge in [0.2, 0.25) is 0 Å². The van der Waals surface area contributed by atoms with E-state index in [0.717, 1.165) is 33.4 Å². The first-order valence-corrected chi connectivity index (χ1v) is 7.24. The summed E-state index contributed by atoms with van der Waals surface area (Å²) in [6.07, 6.45) is 5.23. The first kappa shape index (κ1) is 13.5. The fourth-order valence-electron chi connectivity index (χ4n) is 2.67. The minimum absolute atomic E-state index is 0.297. The van der Waals surface area contributed by atoms with E-state index in [1.54, 1.807) is 24.7 Å². The minimum Gasteiger partial charge on any atom is -0.256 e. The van der Waals surface area contributed by atoms with Gasteiger partial charge in [-0.15, -0.1) is 0 Å². The molecule has 3 aromatic heterocycles. The predicted octanol–water partition coefficient (Wildman–Crippen LogP) is 4.50. The Balaban J connectivity index is 2.11. The summed E-state index contributed by atoms with van der Waals surface area (Å²) in [4.78, 5) is 13.3. The summed E-state index contributed by atoms with van der Waals surface area (Å²) < 4.78 is 13.8. The fourth-order valence-corrected chi connectivity index (χ4v) is 2.67. The van der Waals surface area contributed by atoms with Crippen molar-refractivity contribution < 1.29 is 4.39 Å². The lowest BCUT2D eigenvalue weighted by atomic mass is 9.98. The molecule has 110 valence electrons. The molecule has 1 aromatic carbocycles. The van der Waals surface area contributed by atoms with Crippen LogP contribution in [0.5, 0.6) is 0 Å². The number of benzene rings is 1. The van der Waals surface area contributed by atoms with E-state index in [2.05, 4.69) is 15.0 Å². The van der Waals surface area contributed by atoms with Crippen molar-refractivity contribution in [2.45, 2.75) is 0 Å². The highest BCUT2D eigenvalue weighted by molar-refractivity contribution is 6.00. The van der Waals surface area contributed by atoms with Crippen LogP contribution in [0.1, 0.15) is 0 Å². The van der Waals surface area contributed by atoms with Gasteiger partial charge in [0.05, 0.1) is 16.9 Å². The molecule has 0 radical (unpaired) electrons. The number of halogens is 1. The van der Waals surface area contributed by atoms with E-state index in [-0.39, 0.29) is 5.82 Å². The summed E-state index contributed by atoms with van der Waals surface area (Å²) in [7, 11) is 0. The standard InChI is InChI=1S/C19H12FN3/c20-13-7-8-17-14(11-13)19(18-6-2-4-10-22-18)15(12-23-17)16-5-1-3-9-21-16/h1-12H. The Morgan fingerprint density at radius 2 is 1.48 bits per heavy atom. The molecule has 0 atom stereocenters. The molecule has 0 aliphatic heterocycles. The fraction of sp³-hybridized carbons (Fsp3) is 0. The van der Waals surface area contributed by atoms with E-state index in [1.165, 1.54) is 12.1 Å². The van der Waals surface area contributed by atoms with Gasteiger partial charge in [-0.25, -0.2) is 4.39 Å². The Labute approximate surface area is 132 Å². The van der Waals surface area contributed by atoms with Gasteiger partial charge in [0.25, 0.3) is 0 Å². The summed E-state index contributed by atoms with van der Waals surface area (Å²) in [5.74, 6) is -0.297. The van der Waals surface area contributed by atoms with Crippen LogP contribution in [0, 0.1) is 5.82 Å². The SMILES string of the molecule is Fc1ccc2ncc(-c3ccccn3)c(-c3ccccn3)c2c1. The van der Waals surface area contributed by atoms with Crippen LogP contribution in [-0.2, 0) is 0 Å². The number of fused-ring (bicyclic) bond motifs is 1. The molecule has 23 heavy (non-hydrogen) atoms. The maximum atomic E-state index is 13.8. The first-order valence-electron chi connectivity index (χ1n) is 7.24. The monoisotopic (exact) mass is 301 g/mol. The third kappa shape index (κ3) is 2.44. The number of rotatable bonds is 2. The summed E-state index contributed by atoms with van der Waals surface area (Å²) in [5.41, 5.74) is 3.96. The normalized spacial score (nSPS) is 10.8. The summed E-state index contributed by atoms with van der Waals surface area (Å²) >= 11 is 0. The van der Waals surface area contributed by atoms with Crippen molar-refractivity contribution in [1.82, 2.24) is 15.0 Å². The van der Waals surface area contributed by atoms with Crippen LogP contribution in [0.2, 0.25) is 0 Å². The zero-order valence-electron chi connectivity index (χ0n) is 12.1. The van der Waals surface area contributed by atoms with Crippen LogP contribution in [0.25, 0.3) is 33.4 Å². The molecule has 4 rings (SSSR count). The van der Waals surface area contributed by atoms with Crippen molar-refractivity contribution in [2.75, 3.05) is 0 Å². The molecule has 4 aromatic rings. The molecule has 0 unspecified atom stereocenters. The van der Waals surface area contributed by atoms with Gasteiger partial charge in [0.1, 0.15) is 5.82 Å². The maximum absolute atomic E-state index is 13.8. The largest absolute Gasteiger partial charge is 0.256 e. The molecule has 0 saturated carbocycles. The van der Waals surface area contributed by atoms with Gasteiger partial charge in [-0.05, 0) is 42.5 Å². The number of hydrogen-bond donors (Lipinski definition) is 0. The Hall–Kier alpha value is -3.14. The van der Waals surface area contributed by atoms with E-state index in [0.29, 0.717) is 0 Å². The first-order chi connectivity index (χ1) is 11.3. The number of nitrogens with zero attached hydrogens (tertiary/aromatic N) is 3. The van der Waals surface area contributed by atoms with Crippen LogP contribution >= 0.6 is 0 Å². The van der Waals surface area contributed by atoms with Crippen molar-refractivity contribution >= 4 is 10.9 Å². The quantitative estimate of drug-likeness (QED) is 0.547. The van der Waals surface area contributed by atoms with Gasteiger partial charge in [-0.3, -0.25) is 15.0 Å². The maximum Gasteiger partial charge on any atom is 0.123 e. The number of pyridine rings is 3. The van der Waals surface area contributed by atoms with Crippen molar-refractivity contribution in [3.63, 3.8) is 0 Å². The molecule has 3 heterocycles. The van der Waals surface area contributed by atoms with E-state index in [4.69, 9.17) is 0 Å². The van der Waals surface area contributed by atoms with E-state index in [1.807, 2.05) is 36.4 Å². The van der Waals surface area contributed by atoms with Gasteiger partial charge >= 0.3 is 0 Å². The van der Waals surface area contributed by atoms with E-state index in [9.17, 15) is 4.39 Å². The minimum atomic E-state index is -0.297. The molecule has 0 spiro atoms. The Kier molecular flexibility index (Phi) is 3.27. The lowest BCUT2D eigenvalue weighted by Crippen LogP contribution is -1.94. The second kappa shape index (κ2) is 5.57. The Morgan fingerprint density at radius 1 is 0.739 bits per heavy atom. The molecule has 0 bridgehead atoms. The molecular weight excluding hydrogens is 289 g/mol. The zero-order chi connectivity index (χ0) is 15.6. The molecular formula is C19H12FN3. The lowest BCUT2D eigenvalue weighted by Gasteiger charge is -2.12. The molecule has 0 aliphatic carbocycles. The highest BCUT2D eigenvalue weighted by atomic mass is 19.1. The zero-order valence-corrected chi connectivity index (χ0v) is 12.1. The molecule has 3 nitrogen and oxygen atoms in total. The summed E-state index contributed by atoms with van der Waals surface area (Å²) in [5, 5.41) is 0.729.